The molecule has 1 aromatic carbocycles. The molecule has 9 nitrogen and oxygen atoms in total. The van der Waals surface area contributed by atoms with Crippen LogP contribution in [0.15, 0.2) is 18.2 Å². The molecule has 1 aliphatic heterocycles. The highest BCUT2D eigenvalue weighted by atomic mass is 32.1. The molecule has 2 aromatic rings. The van der Waals surface area contributed by atoms with Crippen LogP contribution in [0.1, 0.15) is 42.1 Å². The van der Waals surface area contributed by atoms with Crippen LogP contribution in [0.2, 0.25) is 0 Å². The third-order valence-electron chi connectivity index (χ3n) is 3.90. The van der Waals surface area contributed by atoms with Gasteiger partial charge in [-0.25, -0.2) is 4.79 Å². The quantitative estimate of drug-likeness (QED) is 0.802. The largest absolute Gasteiger partial charge is 0.479 e. The zero-order chi connectivity index (χ0) is 19.7. The Balaban J connectivity index is 1.80. The molecule has 1 aromatic heterocycles. The zero-order valence-electron chi connectivity index (χ0n) is 14.9. The number of aromatic carboxylic acids is 1. The Morgan fingerprint density at radius 3 is 2.74 bits per heavy atom. The number of hydrogen-bond donors (Lipinski definition) is 2. The first-order chi connectivity index (χ1) is 12.8. The highest BCUT2D eigenvalue weighted by Gasteiger charge is 2.33. The average Bonchev–Trinajstić information content (AvgIpc) is 3.07. The molecule has 3 rings (SSSR count). The number of rotatable bonds is 5. The van der Waals surface area contributed by atoms with Crippen molar-refractivity contribution in [1.29, 1.82) is 0 Å². The first-order valence-corrected chi connectivity index (χ1v) is 9.06. The van der Waals surface area contributed by atoms with Crippen LogP contribution < -0.4 is 15.0 Å². The molecule has 2 heterocycles. The lowest BCUT2D eigenvalue weighted by molar-refractivity contribution is -0.127. The van der Waals surface area contributed by atoms with Crippen LogP contribution in [-0.2, 0) is 9.59 Å². The van der Waals surface area contributed by atoms with E-state index in [-0.39, 0.29) is 29.7 Å². The topological polar surface area (TPSA) is 122 Å². The normalized spacial score (nSPS) is 16.1. The third-order valence-corrected chi connectivity index (χ3v) is 5.04. The number of anilines is 2. The fraction of sp³-hybridized carbons (Fsp3) is 0.353. The van der Waals surface area contributed by atoms with Gasteiger partial charge in [0.15, 0.2) is 6.10 Å². The van der Waals surface area contributed by atoms with Crippen molar-refractivity contribution in [3.63, 3.8) is 0 Å². The maximum absolute atomic E-state index is 12.5. The third kappa shape index (κ3) is 3.90. The maximum atomic E-state index is 12.5. The van der Waals surface area contributed by atoms with Crippen LogP contribution in [0.3, 0.4) is 0 Å². The second-order valence-corrected chi connectivity index (χ2v) is 7.33. The van der Waals surface area contributed by atoms with Gasteiger partial charge in [-0.05, 0) is 25.1 Å². The summed E-state index contributed by atoms with van der Waals surface area (Å²) < 4.78 is 5.49. The Hall–Kier alpha value is -3.01. The molecule has 0 bridgehead atoms. The minimum absolute atomic E-state index is 0.0368. The summed E-state index contributed by atoms with van der Waals surface area (Å²) in [5, 5.41) is 20.8. The summed E-state index contributed by atoms with van der Waals surface area (Å²) in [5.74, 6) is -1.48. The van der Waals surface area contributed by atoms with Gasteiger partial charge in [0, 0.05) is 5.92 Å². The molecule has 142 valence electrons. The number of fused-ring (bicyclic) bond motifs is 1. The second kappa shape index (κ2) is 7.31. The number of benzene rings is 1. The van der Waals surface area contributed by atoms with Crippen molar-refractivity contribution in [1.82, 2.24) is 10.2 Å². The molecule has 10 heteroatoms. The van der Waals surface area contributed by atoms with Gasteiger partial charge in [-0.3, -0.25) is 19.8 Å². The molecule has 27 heavy (non-hydrogen) atoms. The first kappa shape index (κ1) is 18.8. The monoisotopic (exact) mass is 390 g/mol. The number of carbonyl (C=O) groups is 3. The molecule has 1 atom stereocenters. The Morgan fingerprint density at radius 1 is 1.37 bits per heavy atom. The van der Waals surface area contributed by atoms with Gasteiger partial charge in [-0.1, -0.05) is 25.2 Å². The van der Waals surface area contributed by atoms with Crippen LogP contribution in [0, 0.1) is 0 Å². The Bertz CT molecular complexity index is 910. The van der Waals surface area contributed by atoms with Gasteiger partial charge in [-0.2, -0.15) is 0 Å². The number of carboxylic acid groups (broad SMARTS) is 1. The number of ether oxygens (including phenoxy) is 1. The Labute approximate surface area is 159 Å². The summed E-state index contributed by atoms with van der Waals surface area (Å²) >= 11 is 1.28. The Kier molecular flexibility index (Phi) is 5.08. The van der Waals surface area contributed by atoms with E-state index in [1.54, 1.807) is 6.92 Å². The Morgan fingerprint density at radius 2 is 2.11 bits per heavy atom. The van der Waals surface area contributed by atoms with E-state index in [1.807, 2.05) is 13.8 Å². The summed E-state index contributed by atoms with van der Waals surface area (Å²) in [6.45, 7) is 5.25. The van der Waals surface area contributed by atoms with Gasteiger partial charge in [0.1, 0.15) is 17.3 Å². The van der Waals surface area contributed by atoms with E-state index in [4.69, 9.17) is 9.84 Å². The molecular formula is C17H18N4O5S. The zero-order valence-corrected chi connectivity index (χ0v) is 15.7. The number of carboxylic acids is 1. The molecular weight excluding hydrogens is 372 g/mol. The summed E-state index contributed by atoms with van der Waals surface area (Å²) in [7, 11) is 0. The minimum Gasteiger partial charge on any atom is -0.479 e. The predicted octanol–water partition coefficient (Wildman–Crippen LogP) is 2.11. The minimum atomic E-state index is -1.10. The highest BCUT2D eigenvalue weighted by molar-refractivity contribution is 7.15. The van der Waals surface area contributed by atoms with E-state index in [0.29, 0.717) is 10.8 Å². The molecule has 1 aliphatic rings. The molecule has 0 radical (unpaired) electrons. The number of hydrogen-bond acceptors (Lipinski definition) is 7. The lowest BCUT2D eigenvalue weighted by Gasteiger charge is -2.32. The molecule has 0 saturated heterocycles. The molecule has 2 N–H and O–H groups in total. The lowest BCUT2D eigenvalue weighted by atomic mass is 10.1. The SMILES string of the molecule is CC1Oc2cc(C(=O)O)ccc2N(CC(=O)Nc2nnc(C(C)C)s2)C1=O. The van der Waals surface area contributed by atoms with Gasteiger partial charge in [0.25, 0.3) is 5.91 Å². The van der Waals surface area contributed by atoms with Crippen LogP contribution in [-0.4, -0.2) is 45.7 Å². The van der Waals surface area contributed by atoms with Crippen molar-refractivity contribution >= 4 is 39.9 Å². The van der Waals surface area contributed by atoms with Crippen molar-refractivity contribution in [2.24, 2.45) is 0 Å². The molecule has 0 fully saturated rings. The average molecular weight is 390 g/mol. The van der Waals surface area contributed by atoms with E-state index in [0.717, 1.165) is 5.01 Å². The fourth-order valence-corrected chi connectivity index (χ4v) is 3.29. The molecule has 2 amide bonds. The van der Waals surface area contributed by atoms with Crippen molar-refractivity contribution < 1.29 is 24.2 Å². The molecule has 0 aliphatic carbocycles. The van der Waals surface area contributed by atoms with Crippen LogP contribution >= 0.6 is 11.3 Å². The van der Waals surface area contributed by atoms with Gasteiger partial charge in [0.05, 0.1) is 11.3 Å². The maximum Gasteiger partial charge on any atom is 0.335 e. The van der Waals surface area contributed by atoms with E-state index < -0.39 is 18.0 Å². The number of nitrogens with one attached hydrogen (secondary N) is 1. The van der Waals surface area contributed by atoms with Crippen LogP contribution in [0.4, 0.5) is 10.8 Å². The number of aromatic nitrogens is 2. The van der Waals surface area contributed by atoms with Crippen molar-refractivity contribution in [2.45, 2.75) is 32.8 Å². The first-order valence-electron chi connectivity index (χ1n) is 8.25. The van der Waals surface area contributed by atoms with Crippen LogP contribution in [0.25, 0.3) is 0 Å². The number of amides is 2. The van der Waals surface area contributed by atoms with Crippen molar-refractivity contribution in [3.05, 3.63) is 28.8 Å². The highest BCUT2D eigenvalue weighted by Crippen LogP contribution is 2.35. The lowest BCUT2D eigenvalue weighted by Crippen LogP contribution is -2.47. The van der Waals surface area contributed by atoms with Gasteiger partial charge < -0.3 is 9.84 Å². The fourth-order valence-electron chi connectivity index (χ4n) is 2.53. The van der Waals surface area contributed by atoms with E-state index in [1.165, 1.54) is 34.4 Å². The van der Waals surface area contributed by atoms with Gasteiger partial charge in [-0.15, -0.1) is 10.2 Å². The number of nitrogens with zero attached hydrogens (tertiary/aromatic N) is 3. The molecule has 1 unspecified atom stereocenters. The summed E-state index contributed by atoms with van der Waals surface area (Å²) in [4.78, 5) is 37.3. The van der Waals surface area contributed by atoms with E-state index >= 15 is 0 Å². The smallest absolute Gasteiger partial charge is 0.335 e. The molecule has 0 saturated carbocycles. The van der Waals surface area contributed by atoms with Crippen molar-refractivity contribution in [2.75, 3.05) is 16.8 Å². The summed E-state index contributed by atoms with van der Waals surface area (Å²) in [5.41, 5.74) is 0.383. The van der Waals surface area contributed by atoms with Crippen LogP contribution in [0.5, 0.6) is 5.75 Å². The summed E-state index contributed by atoms with van der Waals surface area (Å²) in [6.07, 6.45) is -0.830. The number of carbonyl (C=O) groups excluding carboxylic acids is 2. The van der Waals surface area contributed by atoms with E-state index in [9.17, 15) is 14.4 Å². The standard InChI is InChI=1S/C17H18N4O5S/c1-8(2)14-19-20-17(27-14)18-13(22)7-21-11-5-4-10(16(24)25)6-12(11)26-9(3)15(21)23/h4-6,8-9H,7H2,1-3H3,(H,24,25)(H,18,20,22). The van der Waals surface area contributed by atoms with Gasteiger partial charge in [0.2, 0.25) is 11.0 Å². The van der Waals surface area contributed by atoms with Gasteiger partial charge >= 0.3 is 5.97 Å². The summed E-state index contributed by atoms with van der Waals surface area (Å²) in [6, 6.07) is 4.15. The van der Waals surface area contributed by atoms with E-state index in [2.05, 4.69) is 15.5 Å². The second-order valence-electron chi connectivity index (χ2n) is 6.32. The van der Waals surface area contributed by atoms with Crippen molar-refractivity contribution in [3.8, 4) is 5.75 Å². The molecule has 0 spiro atoms. The predicted molar refractivity (Wildman–Crippen MR) is 98.5 cm³/mol.